The Bertz CT molecular complexity index is 413. The fourth-order valence-corrected chi connectivity index (χ4v) is 2.93. The van der Waals surface area contributed by atoms with Crippen LogP contribution in [-0.2, 0) is 4.74 Å². The fourth-order valence-electron chi connectivity index (χ4n) is 2.93. The summed E-state index contributed by atoms with van der Waals surface area (Å²) in [6.07, 6.45) is 1.25. The molecule has 0 aromatic heterocycles. The number of methoxy groups -OCH3 is 2. The first-order valence-electron chi connectivity index (χ1n) is 7.28. The maximum Gasteiger partial charge on any atom is 0.127 e. The van der Waals surface area contributed by atoms with Crippen LogP contribution in [0.2, 0.25) is 0 Å². The zero-order valence-corrected chi connectivity index (χ0v) is 12.8. The van der Waals surface area contributed by atoms with Gasteiger partial charge < -0.3 is 19.5 Å². The van der Waals surface area contributed by atoms with Crippen LogP contribution in [0.5, 0.6) is 11.5 Å². The standard InChI is InChI=1S/C16H25NO3/c1-5-17-15(16-11(2)9-10-20-16)14-12(18-3)7-6-8-13(14)19-4/h6-8,11,15-17H,5,9-10H2,1-4H3. The van der Waals surface area contributed by atoms with Gasteiger partial charge in [-0.25, -0.2) is 0 Å². The molecule has 20 heavy (non-hydrogen) atoms. The van der Waals surface area contributed by atoms with E-state index in [2.05, 4.69) is 19.2 Å². The number of hydrogen-bond donors (Lipinski definition) is 1. The molecule has 1 fully saturated rings. The third-order valence-electron chi connectivity index (χ3n) is 3.97. The van der Waals surface area contributed by atoms with Crippen molar-refractivity contribution in [3.8, 4) is 11.5 Å². The summed E-state index contributed by atoms with van der Waals surface area (Å²) >= 11 is 0. The predicted octanol–water partition coefficient (Wildman–Crippen LogP) is 2.78. The second-order valence-corrected chi connectivity index (χ2v) is 5.21. The van der Waals surface area contributed by atoms with Gasteiger partial charge in [0, 0.05) is 6.61 Å². The van der Waals surface area contributed by atoms with Gasteiger partial charge in [0.1, 0.15) is 11.5 Å². The number of hydrogen-bond acceptors (Lipinski definition) is 4. The molecule has 3 atom stereocenters. The Balaban J connectivity index is 2.42. The Morgan fingerprint density at radius 3 is 2.40 bits per heavy atom. The van der Waals surface area contributed by atoms with Crippen LogP contribution in [-0.4, -0.2) is 33.5 Å². The summed E-state index contributed by atoms with van der Waals surface area (Å²) in [6, 6.07) is 5.98. The van der Waals surface area contributed by atoms with Gasteiger partial charge in [0.2, 0.25) is 0 Å². The van der Waals surface area contributed by atoms with E-state index >= 15 is 0 Å². The minimum absolute atomic E-state index is 0.0867. The maximum absolute atomic E-state index is 5.96. The van der Waals surface area contributed by atoms with E-state index in [9.17, 15) is 0 Å². The highest BCUT2D eigenvalue weighted by molar-refractivity contribution is 5.47. The zero-order valence-electron chi connectivity index (χ0n) is 12.8. The maximum atomic E-state index is 5.96. The van der Waals surface area contributed by atoms with E-state index < -0.39 is 0 Å². The van der Waals surface area contributed by atoms with E-state index in [1.807, 2.05) is 18.2 Å². The van der Waals surface area contributed by atoms with E-state index in [4.69, 9.17) is 14.2 Å². The highest BCUT2D eigenvalue weighted by Gasteiger charge is 2.35. The van der Waals surface area contributed by atoms with Crippen molar-refractivity contribution in [2.75, 3.05) is 27.4 Å². The average molecular weight is 279 g/mol. The quantitative estimate of drug-likeness (QED) is 0.869. The summed E-state index contributed by atoms with van der Waals surface area (Å²) in [4.78, 5) is 0. The zero-order chi connectivity index (χ0) is 14.5. The molecule has 0 radical (unpaired) electrons. The van der Waals surface area contributed by atoms with Crippen LogP contribution in [0.3, 0.4) is 0 Å². The van der Waals surface area contributed by atoms with Crippen LogP contribution in [0.25, 0.3) is 0 Å². The first kappa shape index (κ1) is 15.1. The average Bonchev–Trinajstić information content (AvgIpc) is 2.90. The van der Waals surface area contributed by atoms with Crippen molar-refractivity contribution in [3.05, 3.63) is 23.8 Å². The summed E-state index contributed by atoms with van der Waals surface area (Å²) in [5, 5.41) is 3.54. The third-order valence-corrected chi connectivity index (χ3v) is 3.97. The van der Waals surface area contributed by atoms with Gasteiger partial charge in [-0.1, -0.05) is 19.9 Å². The smallest absolute Gasteiger partial charge is 0.127 e. The Morgan fingerprint density at radius 2 is 1.95 bits per heavy atom. The summed E-state index contributed by atoms with van der Waals surface area (Å²) in [7, 11) is 3.39. The normalized spacial score (nSPS) is 23.6. The van der Waals surface area contributed by atoms with Crippen molar-refractivity contribution in [2.24, 2.45) is 5.92 Å². The Hall–Kier alpha value is -1.26. The van der Waals surface area contributed by atoms with E-state index in [1.54, 1.807) is 14.2 Å². The number of benzene rings is 1. The molecule has 1 N–H and O–H groups in total. The highest BCUT2D eigenvalue weighted by atomic mass is 16.5. The van der Waals surface area contributed by atoms with E-state index in [-0.39, 0.29) is 12.1 Å². The lowest BCUT2D eigenvalue weighted by Crippen LogP contribution is -2.35. The molecule has 4 nitrogen and oxygen atoms in total. The lowest BCUT2D eigenvalue weighted by molar-refractivity contribution is 0.0596. The second-order valence-electron chi connectivity index (χ2n) is 5.21. The summed E-state index contributed by atoms with van der Waals surface area (Å²) in [6.45, 7) is 6.04. The van der Waals surface area contributed by atoms with Gasteiger partial charge in [-0.3, -0.25) is 0 Å². The molecule has 1 aliphatic rings. The highest BCUT2D eigenvalue weighted by Crippen LogP contribution is 2.40. The summed E-state index contributed by atoms with van der Waals surface area (Å²) < 4.78 is 17.0. The van der Waals surface area contributed by atoms with E-state index in [1.165, 1.54) is 0 Å². The monoisotopic (exact) mass is 279 g/mol. The van der Waals surface area contributed by atoms with Crippen molar-refractivity contribution in [2.45, 2.75) is 32.4 Å². The van der Waals surface area contributed by atoms with Gasteiger partial charge in [-0.15, -0.1) is 0 Å². The van der Waals surface area contributed by atoms with Crippen molar-refractivity contribution < 1.29 is 14.2 Å². The van der Waals surface area contributed by atoms with Crippen LogP contribution in [0, 0.1) is 5.92 Å². The molecular weight excluding hydrogens is 254 g/mol. The van der Waals surface area contributed by atoms with Gasteiger partial charge >= 0.3 is 0 Å². The van der Waals surface area contributed by atoms with Gasteiger partial charge in [0.25, 0.3) is 0 Å². The first-order valence-corrected chi connectivity index (χ1v) is 7.28. The van der Waals surface area contributed by atoms with Crippen molar-refractivity contribution in [1.29, 1.82) is 0 Å². The topological polar surface area (TPSA) is 39.7 Å². The van der Waals surface area contributed by atoms with Gasteiger partial charge in [-0.05, 0) is 31.0 Å². The summed E-state index contributed by atoms with van der Waals surface area (Å²) in [5.41, 5.74) is 1.05. The molecule has 0 spiro atoms. The molecule has 4 heteroatoms. The van der Waals surface area contributed by atoms with Gasteiger partial charge in [0.15, 0.2) is 0 Å². The lowest BCUT2D eigenvalue weighted by atomic mass is 9.91. The largest absolute Gasteiger partial charge is 0.496 e. The number of nitrogens with one attached hydrogen (secondary N) is 1. The van der Waals surface area contributed by atoms with Crippen molar-refractivity contribution >= 4 is 0 Å². The molecule has 0 saturated carbocycles. The van der Waals surface area contributed by atoms with Crippen LogP contribution in [0.1, 0.15) is 31.9 Å². The Morgan fingerprint density at radius 1 is 1.30 bits per heavy atom. The predicted molar refractivity (Wildman–Crippen MR) is 79.5 cm³/mol. The lowest BCUT2D eigenvalue weighted by Gasteiger charge is -2.29. The van der Waals surface area contributed by atoms with Crippen molar-refractivity contribution in [1.82, 2.24) is 5.32 Å². The molecule has 1 aromatic carbocycles. The minimum Gasteiger partial charge on any atom is -0.496 e. The SMILES string of the molecule is CCNC(c1c(OC)cccc1OC)C1OCCC1C. The summed E-state index contributed by atoms with van der Waals surface area (Å²) in [5.74, 6) is 2.21. The van der Waals surface area contributed by atoms with Gasteiger partial charge in [-0.2, -0.15) is 0 Å². The molecule has 1 heterocycles. The van der Waals surface area contributed by atoms with Crippen LogP contribution >= 0.6 is 0 Å². The van der Waals surface area contributed by atoms with Crippen LogP contribution in [0.4, 0.5) is 0 Å². The molecule has 0 aliphatic carbocycles. The Labute approximate surface area is 121 Å². The molecule has 1 aromatic rings. The van der Waals surface area contributed by atoms with Gasteiger partial charge in [0.05, 0.1) is 31.9 Å². The van der Waals surface area contributed by atoms with E-state index in [0.717, 1.165) is 36.6 Å². The van der Waals surface area contributed by atoms with Crippen LogP contribution in [0.15, 0.2) is 18.2 Å². The third kappa shape index (κ3) is 2.91. The van der Waals surface area contributed by atoms with E-state index in [0.29, 0.717) is 5.92 Å². The molecule has 112 valence electrons. The molecule has 1 saturated heterocycles. The molecule has 3 unspecified atom stereocenters. The first-order chi connectivity index (χ1) is 9.72. The molecular formula is C16H25NO3. The molecule has 0 amide bonds. The number of ether oxygens (including phenoxy) is 3. The second kappa shape index (κ2) is 6.95. The number of rotatable bonds is 6. The molecule has 2 rings (SSSR count). The molecule has 0 bridgehead atoms. The number of likely N-dealkylation sites (N-methyl/N-ethyl adjacent to an activating group) is 1. The fraction of sp³-hybridized carbons (Fsp3) is 0.625. The molecule has 1 aliphatic heterocycles. The van der Waals surface area contributed by atoms with Crippen molar-refractivity contribution in [3.63, 3.8) is 0 Å². The minimum atomic E-state index is 0.0867. The Kier molecular flexibility index (Phi) is 5.26. The van der Waals surface area contributed by atoms with Crippen LogP contribution < -0.4 is 14.8 Å².